The van der Waals surface area contributed by atoms with Crippen LogP contribution in [0.2, 0.25) is 0 Å². The number of benzene rings is 2. The quantitative estimate of drug-likeness (QED) is 0.785. The van der Waals surface area contributed by atoms with Gasteiger partial charge in [0.25, 0.3) is 5.91 Å². The number of sulfonamides is 1. The lowest BCUT2D eigenvalue weighted by molar-refractivity contribution is -0.303. The molecule has 0 unspecified atom stereocenters. The molecule has 0 saturated heterocycles. The van der Waals surface area contributed by atoms with E-state index in [0.717, 1.165) is 0 Å². The van der Waals surface area contributed by atoms with Gasteiger partial charge in [0.15, 0.2) is 0 Å². The first-order valence-electron chi connectivity index (χ1n) is 5.97. The summed E-state index contributed by atoms with van der Waals surface area (Å²) in [6.45, 7) is -0.817. The lowest BCUT2D eigenvalue weighted by Crippen LogP contribution is -2.37. The number of carbonyl (C=O) groups excluding carboxylic acids is 2. The Hall–Kier alpha value is -2.45. The molecule has 1 amide bonds. The van der Waals surface area contributed by atoms with E-state index in [2.05, 4.69) is 5.32 Å². The van der Waals surface area contributed by atoms with E-state index in [4.69, 9.17) is 0 Å². The number of carbonyl (C=O) groups is 2. The fourth-order valence-corrected chi connectivity index (χ4v) is 3.50. The van der Waals surface area contributed by atoms with E-state index in [0.29, 0.717) is 22.0 Å². The highest BCUT2D eigenvalue weighted by Gasteiger charge is 2.25. The van der Waals surface area contributed by atoms with Gasteiger partial charge in [0.1, 0.15) is 0 Å². The van der Waals surface area contributed by atoms with Gasteiger partial charge in [0.2, 0.25) is 10.0 Å². The second-order valence-electron chi connectivity index (χ2n) is 4.49. The maximum Gasteiger partial charge on any atom is 0.256 e. The van der Waals surface area contributed by atoms with Gasteiger partial charge < -0.3 is 15.2 Å². The van der Waals surface area contributed by atoms with Gasteiger partial charge in [-0.3, -0.25) is 4.79 Å². The van der Waals surface area contributed by atoms with Gasteiger partial charge in [-0.25, -0.2) is 13.1 Å². The zero-order valence-corrected chi connectivity index (χ0v) is 11.4. The molecule has 3 rings (SSSR count). The zero-order valence-electron chi connectivity index (χ0n) is 10.5. The summed E-state index contributed by atoms with van der Waals surface area (Å²) in [4.78, 5) is 22.1. The van der Waals surface area contributed by atoms with Crippen LogP contribution in [0, 0.1) is 0 Å². The molecule has 21 heavy (non-hydrogen) atoms. The number of amides is 1. The van der Waals surface area contributed by atoms with E-state index in [1.807, 2.05) is 4.72 Å². The van der Waals surface area contributed by atoms with Crippen molar-refractivity contribution in [2.75, 3.05) is 11.9 Å². The van der Waals surface area contributed by atoms with Gasteiger partial charge in [-0.05, 0) is 18.2 Å². The third-order valence-corrected chi connectivity index (χ3v) is 4.65. The van der Waals surface area contributed by atoms with Crippen LogP contribution < -0.4 is 15.1 Å². The molecule has 0 saturated carbocycles. The minimum Gasteiger partial charge on any atom is -0.549 e. The lowest BCUT2D eigenvalue weighted by Gasteiger charge is -2.10. The van der Waals surface area contributed by atoms with Crippen LogP contribution in [0.1, 0.15) is 10.4 Å². The highest BCUT2D eigenvalue weighted by Crippen LogP contribution is 2.36. The first-order chi connectivity index (χ1) is 9.90. The highest BCUT2D eigenvalue weighted by atomic mass is 32.2. The summed E-state index contributed by atoms with van der Waals surface area (Å²) in [6, 6.07) is 7.54. The van der Waals surface area contributed by atoms with Crippen LogP contribution in [-0.4, -0.2) is 26.8 Å². The van der Waals surface area contributed by atoms with Crippen molar-refractivity contribution in [1.82, 2.24) is 4.72 Å². The first-order valence-corrected chi connectivity index (χ1v) is 7.45. The van der Waals surface area contributed by atoms with Gasteiger partial charge in [0.05, 0.1) is 17.4 Å². The van der Waals surface area contributed by atoms with Gasteiger partial charge in [-0.1, -0.05) is 12.1 Å². The summed E-state index contributed by atoms with van der Waals surface area (Å²) in [5.41, 5.74) is 0.920. The second-order valence-corrected chi connectivity index (χ2v) is 6.23. The van der Waals surface area contributed by atoms with Crippen LogP contribution in [0.4, 0.5) is 5.69 Å². The summed E-state index contributed by atoms with van der Waals surface area (Å²) in [5, 5.41) is 13.9. The summed E-state index contributed by atoms with van der Waals surface area (Å²) >= 11 is 0. The Balaban J connectivity index is 2.20. The van der Waals surface area contributed by atoms with Gasteiger partial charge >= 0.3 is 0 Å². The van der Waals surface area contributed by atoms with E-state index >= 15 is 0 Å². The van der Waals surface area contributed by atoms with Crippen molar-refractivity contribution in [2.45, 2.75) is 4.90 Å². The molecule has 0 spiro atoms. The number of hydrogen-bond acceptors (Lipinski definition) is 5. The number of anilines is 1. The third-order valence-electron chi connectivity index (χ3n) is 3.19. The number of carboxylic acid groups (broad SMARTS) is 1. The average Bonchev–Trinajstić information content (AvgIpc) is 2.76. The lowest BCUT2D eigenvalue weighted by atomic mass is 10.1. The van der Waals surface area contributed by atoms with Gasteiger partial charge in [-0.2, -0.15) is 0 Å². The molecule has 108 valence electrons. The fourth-order valence-electron chi connectivity index (χ4n) is 2.33. The van der Waals surface area contributed by atoms with Gasteiger partial charge in [0, 0.05) is 22.0 Å². The highest BCUT2D eigenvalue weighted by molar-refractivity contribution is 7.89. The molecule has 0 aromatic heterocycles. The van der Waals surface area contributed by atoms with Crippen molar-refractivity contribution in [3.05, 3.63) is 35.9 Å². The third kappa shape index (κ3) is 2.14. The van der Waals surface area contributed by atoms with Crippen LogP contribution in [0.15, 0.2) is 35.2 Å². The maximum absolute atomic E-state index is 12.2. The molecule has 0 fully saturated rings. The fraction of sp³-hybridized carbons (Fsp3) is 0.0769. The molecule has 2 aromatic carbocycles. The minimum atomic E-state index is -4.02. The maximum atomic E-state index is 12.2. The molecule has 7 nitrogen and oxygen atoms in total. The molecule has 0 atom stereocenters. The van der Waals surface area contributed by atoms with Crippen molar-refractivity contribution >= 4 is 38.4 Å². The van der Waals surface area contributed by atoms with Gasteiger partial charge in [-0.15, -0.1) is 0 Å². The molecular weight excluding hydrogens is 296 g/mol. The van der Waals surface area contributed by atoms with Crippen LogP contribution in [0.3, 0.4) is 0 Å². The van der Waals surface area contributed by atoms with E-state index in [-0.39, 0.29) is 10.8 Å². The summed E-state index contributed by atoms with van der Waals surface area (Å²) in [5.74, 6) is -1.82. The predicted molar refractivity (Wildman–Crippen MR) is 72.1 cm³/mol. The van der Waals surface area contributed by atoms with Crippen molar-refractivity contribution < 1.29 is 23.1 Å². The number of aliphatic carboxylic acids is 1. The zero-order chi connectivity index (χ0) is 15.2. The number of nitrogens with one attached hydrogen (secondary N) is 2. The Morgan fingerprint density at radius 2 is 2.00 bits per heavy atom. The first kappa shape index (κ1) is 13.5. The smallest absolute Gasteiger partial charge is 0.256 e. The van der Waals surface area contributed by atoms with Crippen LogP contribution in [-0.2, 0) is 14.8 Å². The normalized spacial score (nSPS) is 13.4. The summed E-state index contributed by atoms with van der Waals surface area (Å²) in [6.07, 6.45) is 0. The molecule has 1 aliphatic rings. The number of carboxylic acids is 1. The Bertz CT molecular complexity index is 889. The largest absolute Gasteiger partial charge is 0.549 e. The van der Waals surface area contributed by atoms with Crippen molar-refractivity contribution in [1.29, 1.82) is 0 Å². The molecular formula is C13H9N2O5S-. The minimum absolute atomic E-state index is 0.0825. The Kier molecular flexibility index (Phi) is 2.92. The summed E-state index contributed by atoms with van der Waals surface area (Å²) < 4.78 is 26.3. The standard InChI is InChI=1S/C13H10N2O5S/c16-11(17)6-14-21(19,20)10-5-4-9-12-7(10)2-1-3-8(12)13(18)15-9/h1-5,14H,6H2,(H,15,18)(H,16,17)/p-1. The van der Waals surface area contributed by atoms with E-state index in [9.17, 15) is 23.1 Å². The molecule has 8 heteroatoms. The van der Waals surface area contributed by atoms with Crippen LogP contribution in [0.5, 0.6) is 0 Å². The predicted octanol–water partition coefficient (Wildman–Crippen LogP) is -0.566. The second kappa shape index (κ2) is 4.54. The Morgan fingerprint density at radius 3 is 2.71 bits per heavy atom. The molecule has 0 radical (unpaired) electrons. The molecule has 0 bridgehead atoms. The average molecular weight is 305 g/mol. The van der Waals surface area contributed by atoms with E-state index < -0.39 is 22.5 Å². The van der Waals surface area contributed by atoms with Crippen LogP contribution in [0.25, 0.3) is 10.8 Å². The SMILES string of the molecule is O=C([O-])CNS(=O)(=O)c1ccc2c3c(cccc13)C(=O)N2. The molecule has 2 N–H and O–H groups in total. The van der Waals surface area contributed by atoms with Crippen molar-refractivity contribution in [2.24, 2.45) is 0 Å². The van der Waals surface area contributed by atoms with Crippen molar-refractivity contribution in [3.63, 3.8) is 0 Å². The Morgan fingerprint density at radius 1 is 1.24 bits per heavy atom. The van der Waals surface area contributed by atoms with E-state index in [1.54, 1.807) is 18.2 Å². The van der Waals surface area contributed by atoms with Crippen molar-refractivity contribution in [3.8, 4) is 0 Å². The number of rotatable bonds is 4. The monoisotopic (exact) mass is 305 g/mol. The molecule has 1 aliphatic heterocycles. The molecule has 1 heterocycles. The van der Waals surface area contributed by atoms with E-state index in [1.165, 1.54) is 12.1 Å². The summed E-state index contributed by atoms with van der Waals surface area (Å²) in [7, 11) is -4.02. The Labute approximate surface area is 119 Å². The topological polar surface area (TPSA) is 115 Å². The van der Waals surface area contributed by atoms with Crippen LogP contribution >= 0.6 is 0 Å². The molecule has 0 aliphatic carbocycles. The number of hydrogen-bond donors (Lipinski definition) is 2. The molecule has 2 aromatic rings.